The molecule has 0 fully saturated rings. The molecule has 0 bridgehead atoms. The van der Waals surface area contributed by atoms with Crippen LogP contribution in [0.4, 0.5) is 5.69 Å². The van der Waals surface area contributed by atoms with Crippen LogP contribution in [0.2, 0.25) is 0 Å². The number of anilines is 1. The van der Waals surface area contributed by atoms with Gasteiger partial charge in [0, 0.05) is 19.0 Å². The monoisotopic (exact) mass is 372 g/mol. The van der Waals surface area contributed by atoms with Crippen LogP contribution in [0.3, 0.4) is 0 Å². The Bertz CT molecular complexity index is 1090. The topological polar surface area (TPSA) is 69.0 Å². The Kier molecular flexibility index (Phi) is 5.01. The van der Waals surface area contributed by atoms with E-state index in [0.29, 0.717) is 24.5 Å². The van der Waals surface area contributed by atoms with Crippen LogP contribution in [0.1, 0.15) is 12.0 Å². The van der Waals surface area contributed by atoms with E-state index in [1.54, 1.807) is 24.7 Å². The molecular formula is C22H20N4O2. The minimum Gasteiger partial charge on any atom is -0.439 e. The quantitative estimate of drug-likeness (QED) is 0.539. The molecule has 2 heterocycles. The summed E-state index contributed by atoms with van der Waals surface area (Å²) in [7, 11) is 0. The van der Waals surface area contributed by atoms with Crippen molar-refractivity contribution in [2.45, 2.75) is 19.9 Å². The van der Waals surface area contributed by atoms with Crippen LogP contribution in [0.5, 0.6) is 11.6 Å². The lowest BCUT2D eigenvalue weighted by molar-refractivity contribution is -0.116. The molecule has 0 unspecified atom stereocenters. The molecule has 28 heavy (non-hydrogen) atoms. The first-order chi connectivity index (χ1) is 13.7. The van der Waals surface area contributed by atoms with Crippen molar-refractivity contribution >= 4 is 22.6 Å². The summed E-state index contributed by atoms with van der Waals surface area (Å²) in [6, 6.07) is 19.1. The van der Waals surface area contributed by atoms with E-state index in [1.807, 2.05) is 60.0 Å². The van der Waals surface area contributed by atoms with Crippen molar-refractivity contribution in [3.63, 3.8) is 0 Å². The molecule has 2 aromatic heterocycles. The summed E-state index contributed by atoms with van der Waals surface area (Å²) >= 11 is 0. The summed E-state index contributed by atoms with van der Waals surface area (Å²) in [6.45, 7) is 2.59. The number of pyridine rings is 1. The third-order valence-corrected chi connectivity index (χ3v) is 4.37. The summed E-state index contributed by atoms with van der Waals surface area (Å²) in [5.41, 5.74) is 3.75. The summed E-state index contributed by atoms with van der Waals surface area (Å²) in [5, 5.41) is 2.86. The highest BCUT2D eigenvalue weighted by atomic mass is 16.5. The second-order valence-electron chi connectivity index (χ2n) is 6.53. The zero-order valence-electron chi connectivity index (χ0n) is 15.5. The van der Waals surface area contributed by atoms with E-state index in [9.17, 15) is 4.79 Å². The van der Waals surface area contributed by atoms with E-state index in [2.05, 4.69) is 15.3 Å². The maximum absolute atomic E-state index is 12.2. The lowest BCUT2D eigenvalue weighted by Crippen LogP contribution is -2.14. The molecule has 4 aromatic rings. The van der Waals surface area contributed by atoms with Gasteiger partial charge in [0.05, 0.1) is 29.2 Å². The molecule has 2 aromatic carbocycles. The third kappa shape index (κ3) is 4.17. The average molecular weight is 372 g/mol. The highest BCUT2D eigenvalue weighted by molar-refractivity contribution is 5.90. The van der Waals surface area contributed by atoms with E-state index in [-0.39, 0.29) is 5.91 Å². The number of amides is 1. The van der Waals surface area contributed by atoms with E-state index >= 15 is 0 Å². The molecule has 0 saturated carbocycles. The highest BCUT2D eigenvalue weighted by Crippen LogP contribution is 2.21. The standard InChI is InChI=1S/C22H20N4O2/c1-16-6-9-18(10-7-16)28-22-11-8-17(14-23-22)25-21(27)12-13-26-15-24-19-4-2-3-5-20(19)26/h2-11,14-15H,12-13H2,1H3,(H,25,27). The zero-order chi connectivity index (χ0) is 19.3. The molecule has 0 atom stereocenters. The van der Waals surface area contributed by atoms with E-state index in [0.717, 1.165) is 16.8 Å². The molecule has 6 heteroatoms. The molecule has 0 radical (unpaired) electrons. The van der Waals surface area contributed by atoms with Gasteiger partial charge in [-0.1, -0.05) is 29.8 Å². The minimum atomic E-state index is -0.0771. The number of nitrogens with zero attached hydrogens (tertiary/aromatic N) is 3. The summed E-state index contributed by atoms with van der Waals surface area (Å²) < 4.78 is 7.67. The first kappa shape index (κ1) is 17.7. The predicted octanol–water partition coefficient (Wildman–Crippen LogP) is 4.56. The Labute approximate surface area is 162 Å². The van der Waals surface area contributed by atoms with Crippen LogP contribution in [0.25, 0.3) is 11.0 Å². The van der Waals surface area contributed by atoms with Gasteiger partial charge in [-0.05, 0) is 37.3 Å². The van der Waals surface area contributed by atoms with Crippen LogP contribution >= 0.6 is 0 Å². The van der Waals surface area contributed by atoms with Crippen LogP contribution in [-0.2, 0) is 11.3 Å². The van der Waals surface area contributed by atoms with Crippen molar-refractivity contribution < 1.29 is 9.53 Å². The number of carbonyl (C=O) groups is 1. The number of aryl methyl sites for hydroxylation is 2. The first-order valence-electron chi connectivity index (χ1n) is 9.08. The second-order valence-corrected chi connectivity index (χ2v) is 6.53. The summed E-state index contributed by atoms with van der Waals surface area (Å²) in [5.74, 6) is 1.13. The fourth-order valence-corrected chi connectivity index (χ4v) is 2.88. The van der Waals surface area contributed by atoms with Crippen molar-refractivity contribution in [2.24, 2.45) is 0 Å². The number of imidazole rings is 1. The van der Waals surface area contributed by atoms with Gasteiger partial charge in [-0.25, -0.2) is 9.97 Å². The number of carbonyl (C=O) groups excluding carboxylic acids is 1. The molecule has 0 aliphatic rings. The van der Waals surface area contributed by atoms with Gasteiger partial charge < -0.3 is 14.6 Å². The number of rotatable bonds is 6. The molecular weight excluding hydrogens is 352 g/mol. The molecule has 6 nitrogen and oxygen atoms in total. The van der Waals surface area contributed by atoms with Gasteiger partial charge in [0.1, 0.15) is 5.75 Å². The van der Waals surface area contributed by atoms with Crippen molar-refractivity contribution in [3.8, 4) is 11.6 Å². The molecule has 0 aliphatic heterocycles. The minimum absolute atomic E-state index is 0.0771. The SMILES string of the molecule is Cc1ccc(Oc2ccc(NC(=O)CCn3cnc4ccccc43)cn2)cc1. The van der Waals surface area contributed by atoms with Gasteiger partial charge in [-0.2, -0.15) is 0 Å². The van der Waals surface area contributed by atoms with E-state index < -0.39 is 0 Å². The average Bonchev–Trinajstić information content (AvgIpc) is 3.13. The second kappa shape index (κ2) is 7.92. The smallest absolute Gasteiger partial charge is 0.226 e. The van der Waals surface area contributed by atoms with Crippen molar-refractivity contribution in [1.82, 2.24) is 14.5 Å². The van der Waals surface area contributed by atoms with Crippen molar-refractivity contribution in [3.05, 3.63) is 78.8 Å². The summed E-state index contributed by atoms with van der Waals surface area (Å²) in [4.78, 5) is 20.8. The summed E-state index contributed by atoms with van der Waals surface area (Å²) in [6.07, 6.45) is 3.70. The molecule has 0 spiro atoms. The molecule has 0 saturated heterocycles. The molecule has 4 rings (SSSR count). The fourth-order valence-electron chi connectivity index (χ4n) is 2.88. The Hall–Kier alpha value is -3.67. The fraction of sp³-hybridized carbons (Fsp3) is 0.136. The maximum atomic E-state index is 12.2. The van der Waals surface area contributed by atoms with Crippen molar-refractivity contribution in [1.29, 1.82) is 0 Å². The van der Waals surface area contributed by atoms with Gasteiger partial charge >= 0.3 is 0 Å². The Morgan fingerprint density at radius 3 is 2.64 bits per heavy atom. The third-order valence-electron chi connectivity index (χ3n) is 4.37. The lowest BCUT2D eigenvalue weighted by atomic mass is 10.2. The number of nitrogens with one attached hydrogen (secondary N) is 1. The molecule has 1 amide bonds. The van der Waals surface area contributed by atoms with E-state index in [4.69, 9.17) is 4.74 Å². The number of fused-ring (bicyclic) bond motifs is 1. The van der Waals surface area contributed by atoms with Gasteiger partial charge in [-0.3, -0.25) is 4.79 Å². The zero-order valence-corrected chi connectivity index (χ0v) is 15.5. The van der Waals surface area contributed by atoms with Gasteiger partial charge in [0.2, 0.25) is 11.8 Å². The predicted molar refractivity (Wildman–Crippen MR) is 108 cm³/mol. The van der Waals surface area contributed by atoms with Gasteiger partial charge in [0.25, 0.3) is 0 Å². The lowest BCUT2D eigenvalue weighted by Gasteiger charge is -2.08. The number of benzene rings is 2. The molecule has 0 aliphatic carbocycles. The normalized spacial score (nSPS) is 10.8. The number of hydrogen-bond donors (Lipinski definition) is 1. The molecule has 140 valence electrons. The largest absolute Gasteiger partial charge is 0.439 e. The highest BCUT2D eigenvalue weighted by Gasteiger charge is 2.07. The van der Waals surface area contributed by atoms with Crippen LogP contribution < -0.4 is 10.1 Å². The molecule has 1 N–H and O–H groups in total. The van der Waals surface area contributed by atoms with E-state index in [1.165, 1.54) is 5.56 Å². The maximum Gasteiger partial charge on any atom is 0.226 e. The Morgan fingerprint density at radius 1 is 1.04 bits per heavy atom. The number of aromatic nitrogens is 3. The Morgan fingerprint density at radius 2 is 1.86 bits per heavy atom. The van der Waals surface area contributed by atoms with Crippen LogP contribution in [0, 0.1) is 6.92 Å². The van der Waals surface area contributed by atoms with Gasteiger partial charge in [-0.15, -0.1) is 0 Å². The van der Waals surface area contributed by atoms with Crippen LogP contribution in [0.15, 0.2) is 73.2 Å². The Balaban J connectivity index is 1.32. The number of ether oxygens (including phenoxy) is 1. The van der Waals surface area contributed by atoms with Crippen LogP contribution in [-0.4, -0.2) is 20.4 Å². The first-order valence-corrected chi connectivity index (χ1v) is 9.08. The number of para-hydroxylation sites is 2. The van der Waals surface area contributed by atoms with Gasteiger partial charge in [0.15, 0.2) is 0 Å². The number of hydrogen-bond acceptors (Lipinski definition) is 4. The van der Waals surface area contributed by atoms with Crippen molar-refractivity contribution in [2.75, 3.05) is 5.32 Å².